The molecule has 2 aromatic carbocycles. The summed E-state index contributed by atoms with van der Waals surface area (Å²) in [6.45, 7) is 0. The number of urea groups is 1. The highest BCUT2D eigenvalue weighted by Crippen LogP contribution is 2.35. The number of furan rings is 1. The quantitative estimate of drug-likeness (QED) is 0.240. The standard InChI is InChI=1S/C22H14N4O8/c1-23-20(27)17(21(28)24(22(23)29)13-5-3-2-4-6-13)12-15-8-10-19(34-15)16-9-7-14(25(30)31)11-18(16)26(32)33/h2-12H,1H3/b17-12+. The van der Waals surface area contributed by atoms with Gasteiger partial charge in [0.15, 0.2) is 0 Å². The zero-order valence-corrected chi connectivity index (χ0v) is 17.4. The first kappa shape index (κ1) is 22.1. The molecule has 0 aliphatic carbocycles. The molecule has 4 amide bonds. The number of nitro groups is 2. The summed E-state index contributed by atoms with van der Waals surface area (Å²) < 4.78 is 5.59. The Hall–Kier alpha value is -5.13. The molecular weight excluding hydrogens is 448 g/mol. The molecule has 0 saturated carbocycles. The summed E-state index contributed by atoms with van der Waals surface area (Å²) in [6.07, 6.45) is 1.13. The maximum Gasteiger partial charge on any atom is 0.338 e. The Morgan fingerprint density at radius 2 is 1.59 bits per heavy atom. The van der Waals surface area contributed by atoms with Gasteiger partial charge in [-0.2, -0.15) is 0 Å². The van der Waals surface area contributed by atoms with Crippen molar-refractivity contribution in [1.82, 2.24) is 4.90 Å². The Kier molecular flexibility index (Phi) is 5.47. The molecule has 0 unspecified atom stereocenters. The number of non-ortho nitro benzene ring substituents is 1. The fraction of sp³-hybridized carbons (Fsp3) is 0.0455. The first-order valence-corrected chi connectivity index (χ1v) is 9.65. The van der Waals surface area contributed by atoms with Crippen molar-refractivity contribution < 1.29 is 28.6 Å². The number of likely N-dealkylation sites (N-methyl/N-ethyl adjacent to an activating group) is 1. The largest absolute Gasteiger partial charge is 0.456 e. The van der Waals surface area contributed by atoms with Crippen LogP contribution < -0.4 is 4.90 Å². The number of nitro benzene ring substituents is 2. The second kappa shape index (κ2) is 8.43. The molecule has 2 heterocycles. The minimum atomic E-state index is -0.862. The Morgan fingerprint density at radius 1 is 0.882 bits per heavy atom. The topological polar surface area (TPSA) is 157 Å². The van der Waals surface area contributed by atoms with Gasteiger partial charge in [-0.3, -0.25) is 34.7 Å². The third kappa shape index (κ3) is 3.79. The highest BCUT2D eigenvalue weighted by atomic mass is 16.6. The molecule has 0 N–H and O–H groups in total. The van der Waals surface area contributed by atoms with Crippen LogP contribution in [-0.4, -0.2) is 39.6 Å². The third-order valence-electron chi connectivity index (χ3n) is 5.03. The second-order valence-electron chi connectivity index (χ2n) is 7.10. The summed E-state index contributed by atoms with van der Waals surface area (Å²) >= 11 is 0. The van der Waals surface area contributed by atoms with E-state index in [1.165, 1.54) is 37.4 Å². The number of hydrogen-bond acceptors (Lipinski definition) is 8. The van der Waals surface area contributed by atoms with Crippen molar-refractivity contribution in [3.05, 3.63) is 92.2 Å². The molecule has 1 aliphatic rings. The van der Waals surface area contributed by atoms with Crippen LogP contribution in [0.25, 0.3) is 17.4 Å². The summed E-state index contributed by atoms with van der Waals surface area (Å²) in [7, 11) is 1.23. The van der Waals surface area contributed by atoms with Crippen molar-refractivity contribution >= 4 is 41.0 Å². The first-order valence-electron chi connectivity index (χ1n) is 9.65. The lowest BCUT2D eigenvalue weighted by atomic mass is 10.1. The van der Waals surface area contributed by atoms with E-state index in [0.717, 1.165) is 28.0 Å². The summed E-state index contributed by atoms with van der Waals surface area (Å²) in [6, 6.07) is 13.0. The zero-order valence-electron chi connectivity index (χ0n) is 17.4. The highest BCUT2D eigenvalue weighted by molar-refractivity contribution is 6.38. The van der Waals surface area contributed by atoms with Crippen LogP contribution in [0.3, 0.4) is 0 Å². The van der Waals surface area contributed by atoms with Crippen LogP contribution in [-0.2, 0) is 9.59 Å². The van der Waals surface area contributed by atoms with Crippen LogP contribution in [0, 0.1) is 20.2 Å². The molecule has 34 heavy (non-hydrogen) atoms. The first-order chi connectivity index (χ1) is 16.2. The van der Waals surface area contributed by atoms with E-state index >= 15 is 0 Å². The molecule has 12 heteroatoms. The number of nitrogens with zero attached hydrogens (tertiary/aromatic N) is 4. The fourth-order valence-electron chi connectivity index (χ4n) is 3.36. The van der Waals surface area contributed by atoms with Crippen molar-refractivity contribution in [2.24, 2.45) is 0 Å². The van der Waals surface area contributed by atoms with Gasteiger partial charge < -0.3 is 4.42 Å². The summed E-state index contributed by atoms with van der Waals surface area (Å²) in [4.78, 5) is 60.7. The molecule has 0 bridgehead atoms. The van der Waals surface area contributed by atoms with E-state index in [2.05, 4.69) is 0 Å². The van der Waals surface area contributed by atoms with E-state index in [1.54, 1.807) is 18.2 Å². The molecule has 1 fully saturated rings. The number of anilines is 1. The van der Waals surface area contributed by atoms with Crippen molar-refractivity contribution in [2.75, 3.05) is 11.9 Å². The van der Waals surface area contributed by atoms with Crippen LogP contribution in [0.1, 0.15) is 5.76 Å². The molecule has 1 saturated heterocycles. The van der Waals surface area contributed by atoms with E-state index < -0.39 is 39.1 Å². The lowest BCUT2D eigenvalue weighted by Crippen LogP contribution is -2.55. The van der Waals surface area contributed by atoms with Gasteiger partial charge in [-0.25, -0.2) is 9.69 Å². The van der Waals surface area contributed by atoms with E-state index in [-0.39, 0.29) is 28.3 Å². The van der Waals surface area contributed by atoms with Crippen LogP contribution in [0.5, 0.6) is 0 Å². The predicted molar refractivity (Wildman–Crippen MR) is 118 cm³/mol. The number of amides is 4. The molecule has 0 spiro atoms. The SMILES string of the molecule is CN1C(=O)/C(=C\c2ccc(-c3ccc([N+](=O)[O-])cc3[N+](=O)[O-])o2)C(=O)N(c2ccccc2)C1=O. The molecular formula is C22H14N4O8. The monoisotopic (exact) mass is 462 g/mol. The molecule has 3 aromatic rings. The molecule has 170 valence electrons. The van der Waals surface area contributed by atoms with Gasteiger partial charge in [0.25, 0.3) is 23.2 Å². The fourth-order valence-corrected chi connectivity index (χ4v) is 3.36. The van der Waals surface area contributed by atoms with E-state index in [9.17, 15) is 34.6 Å². The Labute approximate surface area is 190 Å². The van der Waals surface area contributed by atoms with Crippen LogP contribution in [0.15, 0.2) is 70.7 Å². The smallest absolute Gasteiger partial charge is 0.338 e. The number of barbiturate groups is 1. The number of benzene rings is 2. The minimum Gasteiger partial charge on any atom is -0.456 e. The molecule has 12 nitrogen and oxygen atoms in total. The second-order valence-corrected chi connectivity index (χ2v) is 7.10. The number of carbonyl (C=O) groups excluding carboxylic acids is 3. The Bertz CT molecular complexity index is 1390. The van der Waals surface area contributed by atoms with Gasteiger partial charge in [0, 0.05) is 13.1 Å². The molecule has 4 rings (SSSR count). The van der Waals surface area contributed by atoms with E-state index in [0.29, 0.717) is 0 Å². The third-order valence-corrected chi connectivity index (χ3v) is 5.03. The normalized spacial score (nSPS) is 15.2. The number of hydrogen-bond donors (Lipinski definition) is 0. The lowest BCUT2D eigenvalue weighted by Gasteiger charge is -2.31. The number of imide groups is 2. The summed E-state index contributed by atoms with van der Waals surface area (Å²) in [5, 5.41) is 22.4. The van der Waals surface area contributed by atoms with Crippen LogP contribution >= 0.6 is 0 Å². The van der Waals surface area contributed by atoms with Crippen molar-refractivity contribution in [2.45, 2.75) is 0 Å². The molecule has 1 aliphatic heterocycles. The molecule has 0 atom stereocenters. The number of para-hydroxylation sites is 1. The lowest BCUT2D eigenvalue weighted by molar-refractivity contribution is -0.393. The predicted octanol–water partition coefficient (Wildman–Crippen LogP) is 3.77. The van der Waals surface area contributed by atoms with Crippen LogP contribution in [0.2, 0.25) is 0 Å². The Balaban J connectivity index is 1.74. The van der Waals surface area contributed by atoms with Crippen molar-refractivity contribution in [3.8, 4) is 11.3 Å². The van der Waals surface area contributed by atoms with E-state index in [1.807, 2.05) is 0 Å². The maximum absolute atomic E-state index is 13.0. The van der Waals surface area contributed by atoms with E-state index in [4.69, 9.17) is 4.42 Å². The summed E-state index contributed by atoms with van der Waals surface area (Å²) in [5.74, 6) is -1.70. The zero-order chi connectivity index (χ0) is 24.6. The van der Waals surface area contributed by atoms with Gasteiger partial charge in [-0.05, 0) is 36.4 Å². The van der Waals surface area contributed by atoms with Gasteiger partial charge >= 0.3 is 6.03 Å². The van der Waals surface area contributed by atoms with Gasteiger partial charge in [0.2, 0.25) is 0 Å². The maximum atomic E-state index is 13.0. The van der Waals surface area contributed by atoms with Gasteiger partial charge in [-0.15, -0.1) is 0 Å². The minimum absolute atomic E-state index is 0.00602. The van der Waals surface area contributed by atoms with Crippen LogP contribution in [0.4, 0.5) is 21.9 Å². The molecule has 1 aromatic heterocycles. The van der Waals surface area contributed by atoms with Gasteiger partial charge in [-0.1, -0.05) is 18.2 Å². The molecule has 0 radical (unpaired) electrons. The number of rotatable bonds is 5. The Morgan fingerprint density at radius 3 is 2.24 bits per heavy atom. The van der Waals surface area contributed by atoms with Gasteiger partial charge in [0.05, 0.1) is 27.2 Å². The van der Waals surface area contributed by atoms with Gasteiger partial charge in [0.1, 0.15) is 17.1 Å². The highest BCUT2D eigenvalue weighted by Gasteiger charge is 2.41. The average molecular weight is 462 g/mol. The van der Waals surface area contributed by atoms with Crippen molar-refractivity contribution in [3.63, 3.8) is 0 Å². The van der Waals surface area contributed by atoms with Crippen molar-refractivity contribution in [1.29, 1.82) is 0 Å². The number of carbonyl (C=O) groups is 3. The summed E-state index contributed by atoms with van der Waals surface area (Å²) in [5.41, 5.74) is -1.13. The average Bonchev–Trinajstić information content (AvgIpc) is 3.29.